The van der Waals surface area contributed by atoms with E-state index in [9.17, 15) is 38.5 Å². The zero-order valence-electron chi connectivity index (χ0n) is 34.4. The summed E-state index contributed by atoms with van der Waals surface area (Å²) in [5.41, 5.74) is 3.77. The molecule has 2 aliphatic heterocycles. The second-order valence-electron chi connectivity index (χ2n) is 16.6. The number of likely N-dealkylation sites (N-methyl/N-ethyl adjacent to an activating group) is 1. The summed E-state index contributed by atoms with van der Waals surface area (Å²) in [5.74, 6) is -2.25. The van der Waals surface area contributed by atoms with E-state index in [0.717, 1.165) is 16.5 Å². The topological polar surface area (TPSA) is 174 Å². The van der Waals surface area contributed by atoms with E-state index in [1.165, 1.54) is 24.3 Å². The van der Waals surface area contributed by atoms with Gasteiger partial charge in [-0.25, -0.2) is 8.78 Å². The van der Waals surface area contributed by atoms with Crippen molar-refractivity contribution >= 4 is 39.5 Å². The molecule has 2 aromatic carbocycles. The number of nitrogens with zero attached hydrogens (tertiary/aromatic N) is 2. The van der Waals surface area contributed by atoms with Gasteiger partial charge in [0.05, 0.1) is 29.7 Å². The quantitative estimate of drug-likeness (QED) is 0.0841. The molecule has 4 heterocycles. The number of aliphatic hydroxyl groups excluding tert-OH is 3. The van der Waals surface area contributed by atoms with E-state index in [2.05, 4.69) is 20.6 Å². The number of H-pyrrole nitrogens is 2. The molecule has 3 amide bonds. The number of rotatable bonds is 16. The normalized spacial score (nSPS) is 22.4. The number of aliphatic hydroxyl groups is 3. The molecule has 1 unspecified atom stereocenters. The maximum atomic E-state index is 14.8. The van der Waals surface area contributed by atoms with E-state index in [1.807, 2.05) is 34.6 Å². The molecule has 12 nitrogen and oxygen atoms in total. The van der Waals surface area contributed by atoms with Gasteiger partial charge < -0.3 is 45.7 Å². The minimum absolute atomic E-state index is 0.0972. The van der Waals surface area contributed by atoms with Gasteiger partial charge in [0.25, 0.3) is 0 Å². The van der Waals surface area contributed by atoms with E-state index in [-0.39, 0.29) is 62.0 Å². The lowest BCUT2D eigenvalue weighted by Crippen LogP contribution is -2.51. The van der Waals surface area contributed by atoms with E-state index < -0.39 is 54.0 Å². The van der Waals surface area contributed by atoms with Crippen LogP contribution in [0.1, 0.15) is 84.3 Å². The number of fused-ring (bicyclic) bond motifs is 2. The first-order chi connectivity index (χ1) is 27.7. The monoisotopic (exact) mass is 806 g/mol. The Kier molecular flexibility index (Phi) is 13.6. The number of hydrogen-bond donors (Lipinski definition) is 7. The van der Waals surface area contributed by atoms with Crippen LogP contribution in [0, 0.1) is 23.5 Å². The van der Waals surface area contributed by atoms with Gasteiger partial charge in [0.2, 0.25) is 17.7 Å². The molecule has 2 aliphatic rings. The number of β-amino-alcohol motifs (C(OH)–C–C–N with tert-alkyl or cyclic N) is 2. The lowest BCUT2D eigenvalue weighted by atomic mass is 9.92. The van der Waals surface area contributed by atoms with E-state index in [1.54, 1.807) is 29.0 Å². The maximum absolute atomic E-state index is 14.8. The molecular formula is C44H60F2N6O6. The predicted molar refractivity (Wildman–Crippen MR) is 220 cm³/mol. The number of amides is 3. The summed E-state index contributed by atoms with van der Waals surface area (Å²) in [7, 11) is 1.76. The molecule has 0 saturated carbocycles. The molecule has 2 aromatic heterocycles. The number of carbonyl (C=O) groups excluding carboxylic acids is 3. The van der Waals surface area contributed by atoms with Crippen LogP contribution in [0.2, 0.25) is 0 Å². The fourth-order valence-corrected chi connectivity index (χ4v) is 8.89. The molecule has 2 fully saturated rings. The summed E-state index contributed by atoms with van der Waals surface area (Å²) in [4.78, 5) is 51.3. The molecule has 0 aliphatic carbocycles. The van der Waals surface area contributed by atoms with Crippen LogP contribution in [0.5, 0.6) is 0 Å². The average Bonchev–Trinajstić information content (AvgIpc) is 3.96. The van der Waals surface area contributed by atoms with Crippen molar-refractivity contribution in [2.75, 3.05) is 20.1 Å². The molecule has 6 rings (SSSR count). The van der Waals surface area contributed by atoms with Crippen LogP contribution in [0.3, 0.4) is 0 Å². The molecule has 0 radical (unpaired) electrons. The Balaban J connectivity index is 1.40. The zero-order chi connectivity index (χ0) is 42.0. The van der Waals surface area contributed by atoms with Crippen molar-refractivity contribution in [3.8, 4) is 11.4 Å². The summed E-state index contributed by atoms with van der Waals surface area (Å²) in [6, 6.07) is 7.06. The van der Waals surface area contributed by atoms with Gasteiger partial charge in [-0.05, 0) is 113 Å². The Labute approximate surface area is 338 Å². The Morgan fingerprint density at radius 2 is 1.29 bits per heavy atom. The number of aromatic nitrogens is 2. The minimum atomic E-state index is -0.791. The first-order valence-corrected chi connectivity index (χ1v) is 20.9. The van der Waals surface area contributed by atoms with Gasteiger partial charge in [0.15, 0.2) is 0 Å². The number of benzene rings is 2. The van der Waals surface area contributed by atoms with E-state index in [4.69, 9.17) is 0 Å². The molecule has 14 heteroatoms. The van der Waals surface area contributed by atoms with Crippen molar-refractivity contribution in [3.05, 3.63) is 59.2 Å². The van der Waals surface area contributed by atoms with E-state index >= 15 is 0 Å². The fraction of sp³-hybridized carbons (Fsp3) is 0.568. The van der Waals surface area contributed by atoms with Crippen LogP contribution in [-0.2, 0) is 27.2 Å². The largest absolute Gasteiger partial charge is 0.391 e. The lowest BCUT2D eigenvalue weighted by Gasteiger charge is -2.30. The highest BCUT2D eigenvalue weighted by atomic mass is 19.1. The molecule has 2 saturated heterocycles. The molecule has 4 aromatic rings. The fourth-order valence-electron chi connectivity index (χ4n) is 8.89. The highest BCUT2D eigenvalue weighted by Crippen LogP contribution is 2.40. The van der Waals surface area contributed by atoms with Crippen molar-refractivity contribution in [1.29, 1.82) is 0 Å². The van der Waals surface area contributed by atoms with Gasteiger partial charge in [0, 0.05) is 64.9 Å². The third-order valence-electron chi connectivity index (χ3n) is 12.7. The summed E-state index contributed by atoms with van der Waals surface area (Å²) in [6.07, 6.45) is 0.676. The minimum Gasteiger partial charge on any atom is -0.391 e. The molecular weight excluding hydrogens is 747 g/mol. The van der Waals surface area contributed by atoms with Crippen LogP contribution in [0.4, 0.5) is 8.78 Å². The van der Waals surface area contributed by atoms with Gasteiger partial charge in [-0.3, -0.25) is 14.4 Å². The van der Waals surface area contributed by atoms with Gasteiger partial charge in [-0.15, -0.1) is 0 Å². The number of halogens is 2. The average molecular weight is 807 g/mol. The second-order valence-corrected chi connectivity index (χ2v) is 16.6. The molecule has 7 N–H and O–H groups in total. The number of nitrogens with one attached hydrogen (secondary N) is 4. The second kappa shape index (κ2) is 18.3. The number of carbonyl (C=O) groups is 3. The van der Waals surface area contributed by atoms with Crippen molar-refractivity contribution in [2.45, 2.75) is 128 Å². The Bertz CT molecular complexity index is 2100. The first kappa shape index (κ1) is 43.2. The van der Waals surface area contributed by atoms with Gasteiger partial charge in [-0.2, -0.15) is 0 Å². The number of hydrogen-bond acceptors (Lipinski definition) is 7. The molecule has 9 atom stereocenters. The highest BCUT2D eigenvalue weighted by molar-refractivity contribution is 5.96. The Hall–Kier alpha value is -4.37. The molecule has 58 heavy (non-hydrogen) atoms. The smallest absolute Gasteiger partial charge is 0.245 e. The van der Waals surface area contributed by atoms with Crippen molar-refractivity contribution < 1.29 is 38.5 Å². The Morgan fingerprint density at radius 1 is 0.793 bits per heavy atom. The number of aromatic amines is 2. The zero-order valence-corrected chi connectivity index (χ0v) is 34.4. The van der Waals surface area contributed by atoms with Gasteiger partial charge in [0.1, 0.15) is 17.7 Å². The van der Waals surface area contributed by atoms with Crippen LogP contribution in [0.25, 0.3) is 33.2 Å². The number of likely N-dealkylation sites (tertiary alicyclic amines) is 2. The van der Waals surface area contributed by atoms with Crippen LogP contribution < -0.4 is 10.6 Å². The van der Waals surface area contributed by atoms with Crippen molar-refractivity contribution in [2.24, 2.45) is 11.8 Å². The Morgan fingerprint density at radius 3 is 1.74 bits per heavy atom. The molecule has 316 valence electrons. The molecule has 0 spiro atoms. The van der Waals surface area contributed by atoms with Gasteiger partial charge >= 0.3 is 0 Å². The molecule has 0 bridgehead atoms. The van der Waals surface area contributed by atoms with Crippen LogP contribution in [-0.4, -0.2) is 115 Å². The predicted octanol–water partition coefficient (Wildman–Crippen LogP) is 4.93. The standard InChI is InChI=1S/C44H60F2N6O6/c1-7-23(4)42(56)50-36(9-3)44(58)52-22-31(54)18-29(52)20-35-33-13-11-27(46)16-38(33)49-41(35)40-34(32-12-10-26(45)15-37(32)48-40)19-28-17-30(53)21-51(28)43(57)25(8-2)14-39(55)24(5)47-6/h10-13,15-16,23-25,28-31,36,39,47-49,53-55H,7-9,14,17-22H2,1-6H3,(H,50,56)/t23-,24+,25-,28+,29+,30+,31+,36+,39?/m1/s1. The van der Waals surface area contributed by atoms with Crippen LogP contribution >= 0.6 is 0 Å². The lowest BCUT2D eigenvalue weighted by molar-refractivity contribution is -0.138. The van der Waals surface area contributed by atoms with Crippen molar-refractivity contribution in [3.63, 3.8) is 0 Å². The first-order valence-electron chi connectivity index (χ1n) is 20.9. The third-order valence-corrected chi connectivity index (χ3v) is 12.7. The maximum Gasteiger partial charge on any atom is 0.245 e. The van der Waals surface area contributed by atoms with Gasteiger partial charge in [-0.1, -0.05) is 27.7 Å². The summed E-state index contributed by atoms with van der Waals surface area (Å²) < 4.78 is 29.6. The summed E-state index contributed by atoms with van der Waals surface area (Å²) >= 11 is 0. The highest BCUT2D eigenvalue weighted by Gasteiger charge is 2.41. The van der Waals surface area contributed by atoms with Crippen LogP contribution in [0.15, 0.2) is 36.4 Å². The summed E-state index contributed by atoms with van der Waals surface area (Å²) in [6.45, 7) is 9.57. The third kappa shape index (κ3) is 8.95. The summed E-state index contributed by atoms with van der Waals surface area (Å²) in [5, 5.41) is 40.1. The van der Waals surface area contributed by atoms with Crippen molar-refractivity contribution in [1.82, 2.24) is 30.4 Å². The van der Waals surface area contributed by atoms with E-state index in [0.29, 0.717) is 59.9 Å². The SMILES string of the molecule is CC[C@H](CC(O)[C@H](C)NC)C(=O)N1C[C@@H](O)C[C@H]1Cc1c(-c2[nH]c3cc(F)ccc3c2C[C@@H]2C[C@H](O)CN2C(=O)[C@H](CC)NC(=O)[C@H](C)CC)[nH]c2cc(F)ccc12.